The fourth-order valence-electron chi connectivity index (χ4n) is 1.72. The third-order valence-electron chi connectivity index (χ3n) is 2.75. The molecule has 0 aliphatic carbocycles. The molecule has 0 unspecified atom stereocenters. The zero-order valence-electron chi connectivity index (χ0n) is 12.9. The molecule has 0 saturated heterocycles. The Morgan fingerprint density at radius 2 is 2.14 bits per heavy atom. The van der Waals surface area contributed by atoms with E-state index in [0.29, 0.717) is 5.15 Å². The van der Waals surface area contributed by atoms with Gasteiger partial charge in [-0.2, -0.15) is 0 Å². The maximum Gasteiger partial charge on any atom is 0.147 e. The quantitative estimate of drug-likeness (QED) is 0.882. The van der Waals surface area contributed by atoms with Gasteiger partial charge in [0, 0.05) is 11.9 Å². The minimum Gasteiger partial charge on any atom is -0.309 e. The topological polar surface area (TPSA) is 49.8 Å². The average molecular weight is 307 g/mol. The van der Waals surface area contributed by atoms with Crippen LogP contribution < -0.4 is 10.9 Å². The molecule has 1 aliphatic rings. The third-order valence-corrected chi connectivity index (χ3v) is 2.93. The zero-order chi connectivity index (χ0) is 15.5. The molecule has 2 rings (SSSR count). The fourth-order valence-corrected chi connectivity index (χ4v) is 1.88. The van der Waals surface area contributed by atoms with Crippen LogP contribution in [0.4, 0.5) is 0 Å². The van der Waals surface area contributed by atoms with Crippen LogP contribution >= 0.6 is 11.6 Å². The van der Waals surface area contributed by atoms with E-state index < -0.39 is 0 Å². The summed E-state index contributed by atoms with van der Waals surface area (Å²) in [7, 11) is 0. The first-order valence-electron chi connectivity index (χ1n) is 7.22. The van der Waals surface area contributed by atoms with Gasteiger partial charge in [0.2, 0.25) is 0 Å². The predicted molar refractivity (Wildman–Crippen MR) is 89.5 cm³/mol. The van der Waals surface area contributed by atoms with Gasteiger partial charge in [0.1, 0.15) is 5.15 Å². The van der Waals surface area contributed by atoms with E-state index in [0.717, 1.165) is 30.7 Å². The van der Waals surface area contributed by atoms with Crippen LogP contribution in [0.25, 0.3) is 6.08 Å². The van der Waals surface area contributed by atoms with E-state index in [1.54, 1.807) is 6.20 Å². The molecule has 0 bridgehead atoms. The van der Waals surface area contributed by atoms with Crippen LogP contribution in [0.5, 0.6) is 0 Å². The van der Waals surface area contributed by atoms with Crippen molar-refractivity contribution in [2.45, 2.75) is 40.0 Å². The number of hydrogen-bond acceptors (Lipinski definition) is 4. The minimum atomic E-state index is 0.469. The van der Waals surface area contributed by atoms with E-state index in [2.05, 4.69) is 40.7 Å². The Morgan fingerprint density at radius 1 is 1.33 bits per heavy atom. The Morgan fingerprint density at radius 3 is 2.67 bits per heavy atom. The molecule has 0 atom stereocenters. The summed E-state index contributed by atoms with van der Waals surface area (Å²) in [6, 6.07) is 0. The predicted octanol–water partition coefficient (Wildman–Crippen LogP) is 4.02. The van der Waals surface area contributed by atoms with Gasteiger partial charge in [-0.15, -0.1) is 0 Å². The van der Waals surface area contributed by atoms with E-state index in [1.165, 1.54) is 5.70 Å². The molecule has 0 aromatic carbocycles. The summed E-state index contributed by atoms with van der Waals surface area (Å²) in [5.74, 6) is 0. The molecule has 5 heteroatoms. The average Bonchev–Trinajstić information content (AvgIpc) is 2.52. The smallest absolute Gasteiger partial charge is 0.147 e. The van der Waals surface area contributed by atoms with Crippen molar-refractivity contribution in [1.29, 1.82) is 0 Å². The lowest BCUT2D eigenvalue weighted by atomic mass is 10.2. The molecule has 2 N–H and O–H groups in total. The number of hydrazine groups is 1. The summed E-state index contributed by atoms with van der Waals surface area (Å²) < 4.78 is 0. The lowest BCUT2D eigenvalue weighted by molar-refractivity contribution is 0.691. The van der Waals surface area contributed by atoms with E-state index in [4.69, 9.17) is 11.6 Å². The highest BCUT2D eigenvalue weighted by atomic mass is 35.5. The number of nitrogens with zero attached hydrogens (tertiary/aromatic N) is 2. The number of hydrogen-bond donors (Lipinski definition) is 2. The van der Waals surface area contributed by atoms with Crippen molar-refractivity contribution in [2.24, 2.45) is 0 Å². The third kappa shape index (κ3) is 6.45. The Balaban J connectivity index is 0.000000235. The highest BCUT2D eigenvalue weighted by molar-refractivity contribution is 6.29. The van der Waals surface area contributed by atoms with Crippen LogP contribution in [0.2, 0.25) is 5.15 Å². The van der Waals surface area contributed by atoms with Gasteiger partial charge in [-0.05, 0) is 38.0 Å². The second-order valence-electron chi connectivity index (χ2n) is 4.45. The summed E-state index contributed by atoms with van der Waals surface area (Å²) in [5.41, 5.74) is 9.01. The van der Waals surface area contributed by atoms with Gasteiger partial charge >= 0.3 is 0 Å². The maximum atomic E-state index is 5.76. The fraction of sp³-hybridized carbons (Fsp3) is 0.375. The number of halogens is 1. The van der Waals surface area contributed by atoms with Crippen LogP contribution in [-0.2, 0) is 6.42 Å². The monoisotopic (exact) mass is 306 g/mol. The van der Waals surface area contributed by atoms with Crippen molar-refractivity contribution < 1.29 is 0 Å². The molecule has 4 nitrogen and oxygen atoms in total. The van der Waals surface area contributed by atoms with E-state index in [1.807, 2.05) is 31.4 Å². The molecule has 2 heterocycles. The van der Waals surface area contributed by atoms with Gasteiger partial charge in [-0.1, -0.05) is 37.9 Å². The van der Waals surface area contributed by atoms with Gasteiger partial charge in [0.25, 0.3) is 0 Å². The number of rotatable bonds is 4. The van der Waals surface area contributed by atoms with E-state index in [-0.39, 0.29) is 0 Å². The normalized spacial score (nSPS) is 13.0. The van der Waals surface area contributed by atoms with Gasteiger partial charge in [-0.25, -0.2) is 4.98 Å². The number of nitrogens with one attached hydrogen (secondary N) is 2. The first-order chi connectivity index (χ1) is 10.2. The van der Waals surface area contributed by atoms with E-state index in [9.17, 15) is 0 Å². The van der Waals surface area contributed by atoms with Crippen LogP contribution in [0.15, 0.2) is 36.3 Å². The summed E-state index contributed by atoms with van der Waals surface area (Å²) >= 11 is 5.76. The first-order valence-corrected chi connectivity index (χ1v) is 7.60. The van der Waals surface area contributed by atoms with Gasteiger partial charge in [0.05, 0.1) is 17.6 Å². The lowest BCUT2D eigenvalue weighted by Crippen LogP contribution is -2.27. The molecule has 0 amide bonds. The van der Waals surface area contributed by atoms with Gasteiger partial charge in [0.15, 0.2) is 0 Å². The molecule has 0 fully saturated rings. The number of allylic oxidation sites excluding steroid dienone is 4. The summed E-state index contributed by atoms with van der Waals surface area (Å²) in [5, 5.41) is 0.469. The SMILES string of the molecule is C/C=C\c1ncc(Cl)nc1CCC.CCC1=CC=CNN1. The van der Waals surface area contributed by atoms with Gasteiger partial charge in [-0.3, -0.25) is 4.98 Å². The van der Waals surface area contributed by atoms with Crippen molar-refractivity contribution in [3.8, 4) is 0 Å². The summed E-state index contributed by atoms with van der Waals surface area (Å²) in [4.78, 5) is 8.44. The lowest BCUT2D eigenvalue weighted by Gasteiger charge is -2.10. The first kappa shape index (κ1) is 17.2. The Labute approximate surface area is 132 Å². The van der Waals surface area contributed by atoms with Crippen LogP contribution in [-0.4, -0.2) is 9.97 Å². The molecule has 0 radical (unpaired) electrons. The molecule has 0 saturated carbocycles. The maximum absolute atomic E-state index is 5.76. The molecule has 1 aliphatic heterocycles. The molecule has 1 aromatic rings. The van der Waals surface area contributed by atoms with Crippen LogP contribution in [0, 0.1) is 0 Å². The largest absolute Gasteiger partial charge is 0.309 e. The Kier molecular flexibility index (Phi) is 8.21. The Bertz CT molecular complexity index is 521. The Hall–Kier alpha value is -1.81. The van der Waals surface area contributed by atoms with Crippen molar-refractivity contribution in [1.82, 2.24) is 20.8 Å². The molecule has 21 heavy (non-hydrogen) atoms. The number of aromatic nitrogens is 2. The second kappa shape index (κ2) is 10.00. The standard InChI is InChI=1S/C10H13ClN2.C6H10N2/c1-3-5-8-9(6-4-2)13-10(11)7-12-8;1-2-6-4-3-5-7-8-6/h3,5,7H,4,6H2,1-2H3;3-5,7-8H,2H2,1H3/b5-3-;. The minimum absolute atomic E-state index is 0.469. The zero-order valence-corrected chi connectivity index (χ0v) is 13.6. The second-order valence-corrected chi connectivity index (χ2v) is 4.84. The van der Waals surface area contributed by atoms with Crippen molar-refractivity contribution in [3.63, 3.8) is 0 Å². The van der Waals surface area contributed by atoms with Crippen LogP contribution in [0.1, 0.15) is 45.0 Å². The van der Waals surface area contributed by atoms with Crippen molar-refractivity contribution >= 4 is 17.7 Å². The molecular weight excluding hydrogens is 284 g/mol. The summed E-state index contributed by atoms with van der Waals surface area (Å²) in [6.07, 6.45) is 14.4. The molecular formula is C16H23ClN4. The molecule has 114 valence electrons. The highest BCUT2D eigenvalue weighted by Crippen LogP contribution is 2.11. The molecule has 1 aromatic heterocycles. The van der Waals surface area contributed by atoms with Crippen molar-refractivity contribution in [3.05, 3.63) is 52.9 Å². The van der Waals surface area contributed by atoms with Gasteiger partial charge < -0.3 is 10.9 Å². The highest BCUT2D eigenvalue weighted by Gasteiger charge is 2.02. The number of aryl methyl sites for hydroxylation is 1. The molecule has 0 spiro atoms. The van der Waals surface area contributed by atoms with Crippen molar-refractivity contribution in [2.75, 3.05) is 0 Å². The summed E-state index contributed by atoms with van der Waals surface area (Å²) in [6.45, 7) is 6.19. The van der Waals surface area contributed by atoms with E-state index >= 15 is 0 Å². The van der Waals surface area contributed by atoms with Crippen LogP contribution in [0.3, 0.4) is 0 Å².